The van der Waals surface area contributed by atoms with Gasteiger partial charge >= 0.3 is 11.9 Å². The highest BCUT2D eigenvalue weighted by molar-refractivity contribution is 5.76. The maximum Gasteiger partial charge on any atom is 0.311 e. The lowest BCUT2D eigenvalue weighted by molar-refractivity contribution is -0.170. The van der Waals surface area contributed by atoms with Crippen LogP contribution in [0.1, 0.15) is 131 Å². The van der Waals surface area contributed by atoms with Crippen LogP contribution in [0, 0.1) is 10.8 Å². The Labute approximate surface area is 185 Å². The Morgan fingerprint density at radius 2 is 1.10 bits per heavy atom. The van der Waals surface area contributed by atoms with E-state index in [0.717, 1.165) is 44.9 Å². The van der Waals surface area contributed by atoms with Gasteiger partial charge in [0, 0.05) is 6.42 Å². The summed E-state index contributed by atoms with van der Waals surface area (Å²) < 4.78 is 11.7. The van der Waals surface area contributed by atoms with E-state index < -0.39 is 10.8 Å². The van der Waals surface area contributed by atoms with Crippen molar-refractivity contribution >= 4 is 11.9 Å². The van der Waals surface area contributed by atoms with E-state index in [1.54, 1.807) is 0 Å². The highest BCUT2D eigenvalue weighted by Gasteiger charge is 2.36. The average Bonchev–Trinajstić information content (AvgIpc) is 2.69. The molecule has 0 aromatic carbocycles. The van der Waals surface area contributed by atoms with Crippen molar-refractivity contribution in [2.75, 3.05) is 0 Å². The number of esters is 2. The van der Waals surface area contributed by atoms with Gasteiger partial charge in [-0.3, -0.25) is 9.59 Å². The first-order chi connectivity index (χ1) is 14.1. The summed E-state index contributed by atoms with van der Waals surface area (Å²) in [4.78, 5) is 25.5. The third kappa shape index (κ3) is 9.83. The topological polar surface area (TPSA) is 52.6 Å². The normalized spacial score (nSPS) is 20.1. The van der Waals surface area contributed by atoms with E-state index in [4.69, 9.17) is 9.47 Å². The molecule has 4 nitrogen and oxygen atoms in total. The van der Waals surface area contributed by atoms with Gasteiger partial charge in [-0.2, -0.15) is 0 Å². The fourth-order valence-electron chi connectivity index (χ4n) is 4.13. The maximum atomic E-state index is 12.7. The van der Waals surface area contributed by atoms with Crippen LogP contribution in [0.15, 0.2) is 0 Å². The number of hydrogen-bond acceptors (Lipinski definition) is 4. The molecule has 0 bridgehead atoms. The van der Waals surface area contributed by atoms with Gasteiger partial charge in [0.15, 0.2) is 0 Å². The van der Waals surface area contributed by atoms with Gasteiger partial charge in [-0.05, 0) is 59.8 Å². The molecule has 0 aromatic heterocycles. The zero-order valence-corrected chi connectivity index (χ0v) is 20.7. The lowest BCUT2D eigenvalue weighted by Crippen LogP contribution is -2.37. The second-order valence-electron chi connectivity index (χ2n) is 10.6. The van der Waals surface area contributed by atoms with Crippen LogP contribution in [0.4, 0.5) is 0 Å². The molecule has 0 aliphatic heterocycles. The first kappa shape index (κ1) is 27.0. The largest absolute Gasteiger partial charge is 0.462 e. The molecular weight excluding hydrogens is 376 g/mol. The van der Waals surface area contributed by atoms with Crippen LogP contribution >= 0.6 is 0 Å². The number of carbonyl (C=O) groups is 2. The summed E-state index contributed by atoms with van der Waals surface area (Å²) in [6.45, 7) is 12.3. The Hall–Kier alpha value is -1.06. The van der Waals surface area contributed by atoms with Gasteiger partial charge in [0.05, 0.1) is 10.8 Å². The zero-order valence-electron chi connectivity index (χ0n) is 20.7. The highest BCUT2D eigenvalue weighted by atomic mass is 16.6. The van der Waals surface area contributed by atoms with E-state index >= 15 is 0 Å². The first-order valence-electron chi connectivity index (χ1n) is 12.5. The minimum absolute atomic E-state index is 0.104. The van der Waals surface area contributed by atoms with Crippen LogP contribution in [0.25, 0.3) is 0 Å². The lowest BCUT2D eigenvalue weighted by Gasteiger charge is -2.33. The average molecular weight is 425 g/mol. The Balaban J connectivity index is 2.47. The van der Waals surface area contributed by atoms with Gasteiger partial charge in [-0.1, -0.05) is 65.2 Å². The van der Waals surface area contributed by atoms with E-state index in [-0.39, 0.29) is 24.1 Å². The second kappa shape index (κ2) is 13.4. The molecule has 0 spiro atoms. The van der Waals surface area contributed by atoms with Crippen LogP contribution < -0.4 is 0 Å². The molecule has 0 heterocycles. The quantitative estimate of drug-likeness (QED) is 0.216. The number of ether oxygens (including phenoxy) is 2. The monoisotopic (exact) mass is 424 g/mol. The molecule has 1 aliphatic rings. The summed E-state index contributed by atoms with van der Waals surface area (Å²) in [5, 5.41) is 0. The van der Waals surface area contributed by atoms with Gasteiger partial charge in [-0.15, -0.1) is 0 Å². The van der Waals surface area contributed by atoms with Crippen LogP contribution in [0.5, 0.6) is 0 Å². The zero-order chi connectivity index (χ0) is 22.6. The fraction of sp³-hybridized carbons (Fsp3) is 0.923. The summed E-state index contributed by atoms with van der Waals surface area (Å²) in [6.07, 6.45) is 14.1. The Morgan fingerprint density at radius 3 is 1.47 bits per heavy atom. The summed E-state index contributed by atoms with van der Waals surface area (Å²) in [5.41, 5.74) is -0.893. The van der Waals surface area contributed by atoms with E-state index in [1.807, 2.05) is 27.7 Å². The number of rotatable bonds is 14. The van der Waals surface area contributed by atoms with Crippen molar-refractivity contribution in [3.63, 3.8) is 0 Å². The van der Waals surface area contributed by atoms with E-state index in [9.17, 15) is 9.59 Å². The molecule has 2 atom stereocenters. The van der Waals surface area contributed by atoms with E-state index in [1.165, 1.54) is 38.5 Å². The number of unbranched alkanes of at least 4 members (excludes halogenated alkanes) is 6. The summed E-state index contributed by atoms with van der Waals surface area (Å²) in [5.74, 6) is -0.209. The summed E-state index contributed by atoms with van der Waals surface area (Å²) in [6, 6.07) is 0. The minimum Gasteiger partial charge on any atom is -0.462 e. The Kier molecular flexibility index (Phi) is 12.0. The molecule has 1 aliphatic carbocycles. The van der Waals surface area contributed by atoms with Crippen molar-refractivity contribution in [3.05, 3.63) is 0 Å². The molecule has 176 valence electrons. The maximum absolute atomic E-state index is 12.7. The highest BCUT2D eigenvalue weighted by Crippen LogP contribution is 2.32. The van der Waals surface area contributed by atoms with Crippen molar-refractivity contribution in [1.82, 2.24) is 0 Å². The molecule has 1 rings (SSSR count). The van der Waals surface area contributed by atoms with Gasteiger partial charge in [0.1, 0.15) is 12.2 Å². The fourth-order valence-corrected chi connectivity index (χ4v) is 4.13. The molecule has 30 heavy (non-hydrogen) atoms. The van der Waals surface area contributed by atoms with Crippen LogP contribution in [-0.2, 0) is 19.1 Å². The SMILES string of the molecule is CCCCCCC(C)(C)C(=O)OC1CCCC(OC(=O)C(C)(C)CCCCCC)C1. The van der Waals surface area contributed by atoms with Crippen molar-refractivity contribution in [1.29, 1.82) is 0 Å². The molecule has 0 saturated heterocycles. The van der Waals surface area contributed by atoms with Crippen molar-refractivity contribution in [2.45, 2.75) is 144 Å². The predicted molar refractivity (Wildman–Crippen MR) is 123 cm³/mol. The Bertz CT molecular complexity index is 465. The van der Waals surface area contributed by atoms with Crippen LogP contribution in [0.3, 0.4) is 0 Å². The molecule has 0 N–H and O–H groups in total. The van der Waals surface area contributed by atoms with Crippen molar-refractivity contribution in [3.8, 4) is 0 Å². The summed E-state index contributed by atoms with van der Waals surface area (Å²) >= 11 is 0. The minimum atomic E-state index is -0.447. The smallest absolute Gasteiger partial charge is 0.311 e. The van der Waals surface area contributed by atoms with Crippen LogP contribution in [-0.4, -0.2) is 24.1 Å². The molecule has 0 aromatic rings. The Morgan fingerprint density at radius 1 is 0.700 bits per heavy atom. The van der Waals surface area contributed by atoms with Gasteiger partial charge in [0.2, 0.25) is 0 Å². The number of carbonyl (C=O) groups excluding carboxylic acids is 2. The van der Waals surface area contributed by atoms with Crippen molar-refractivity contribution < 1.29 is 19.1 Å². The van der Waals surface area contributed by atoms with Crippen molar-refractivity contribution in [2.24, 2.45) is 10.8 Å². The molecule has 4 heteroatoms. The van der Waals surface area contributed by atoms with Crippen LogP contribution in [0.2, 0.25) is 0 Å². The molecule has 0 amide bonds. The molecule has 2 unspecified atom stereocenters. The van der Waals surface area contributed by atoms with Gasteiger partial charge < -0.3 is 9.47 Å². The second-order valence-corrected chi connectivity index (χ2v) is 10.6. The summed E-state index contributed by atoms with van der Waals surface area (Å²) in [7, 11) is 0. The predicted octanol–water partition coefficient (Wildman–Crippen LogP) is 7.38. The first-order valence-corrected chi connectivity index (χ1v) is 12.5. The van der Waals surface area contributed by atoms with E-state index in [0.29, 0.717) is 6.42 Å². The molecule has 1 saturated carbocycles. The third-order valence-corrected chi connectivity index (χ3v) is 6.54. The molecule has 0 radical (unpaired) electrons. The lowest BCUT2D eigenvalue weighted by atomic mass is 9.86. The number of hydrogen-bond donors (Lipinski definition) is 0. The third-order valence-electron chi connectivity index (χ3n) is 6.54. The van der Waals surface area contributed by atoms with Gasteiger partial charge in [0.25, 0.3) is 0 Å². The van der Waals surface area contributed by atoms with Gasteiger partial charge in [-0.25, -0.2) is 0 Å². The van der Waals surface area contributed by atoms with E-state index in [2.05, 4.69) is 13.8 Å². The molecular formula is C26H48O4. The molecule has 1 fully saturated rings. The standard InChI is InChI=1S/C26H48O4/c1-7-9-11-13-18-25(3,4)23(27)29-21-16-15-17-22(20-21)30-24(28)26(5,6)19-14-12-10-8-2/h21-22H,7-20H2,1-6H3.